The van der Waals surface area contributed by atoms with Crippen molar-refractivity contribution in [3.05, 3.63) is 69.2 Å². The summed E-state index contributed by atoms with van der Waals surface area (Å²) in [4.78, 5) is 16.8. The summed E-state index contributed by atoms with van der Waals surface area (Å²) >= 11 is 18.6. The molecule has 0 spiro atoms. The van der Waals surface area contributed by atoms with E-state index < -0.39 is 17.5 Å². The van der Waals surface area contributed by atoms with Crippen LogP contribution in [0.15, 0.2) is 48.5 Å². The van der Waals surface area contributed by atoms with Crippen molar-refractivity contribution in [2.45, 2.75) is 31.8 Å². The summed E-state index contributed by atoms with van der Waals surface area (Å²) in [5.74, 6) is -1.33. The first kappa shape index (κ1) is 21.0. The molecule has 1 aliphatic heterocycles. The summed E-state index contributed by atoms with van der Waals surface area (Å²) in [5, 5.41) is 11.4. The molecule has 154 valence electrons. The molecule has 0 bridgehead atoms. The van der Waals surface area contributed by atoms with Crippen molar-refractivity contribution < 1.29 is 14.6 Å². The second-order valence-electron chi connectivity index (χ2n) is 7.87. The number of aromatic nitrogens is 1. The number of nitrogens with zero attached hydrogens (tertiary/aromatic N) is 1. The molecule has 30 heavy (non-hydrogen) atoms. The quantitative estimate of drug-likeness (QED) is 0.451. The number of hydrogen-bond donors (Lipinski definition) is 1. The topological polar surface area (TPSA) is 59.4 Å². The van der Waals surface area contributed by atoms with Crippen LogP contribution in [0, 0.1) is 0 Å². The van der Waals surface area contributed by atoms with Crippen molar-refractivity contribution in [1.29, 1.82) is 0 Å². The second-order valence-corrected chi connectivity index (χ2v) is 9.15. The van der Waals surface area contributed by atoms with Crippen LogP contribution in [0.1, 0.15) is 31.7 Å². The maximum atomic E-state index is 12.0. The Morgan fingerprint density at radius 2 is 1.70 bits per heavy atom. The predicted molar refractivity (Wildman–Crippen MR) is 120 cm³/mol. The van der Waals surface area contributed by atoms with Crippen LogP contribution in [-0.2, 0) is 4.79 Å². The summed E-state index contributed by atoms with van der Waals surface area (Å²) in [6.07, 6.45) is 0.345. The Bertz CT molecular complexity index is 1140. The van der Waals surface area contributed by atoms with Crippen molar-refractivity contribution >= 4 is 40.8 Å². The lowest BCUT2D eigenvalue weighted by Gasteiger charge is -2.35. The van der Waals surface area contributed by atoms with Gasteiger partial charge in [0.1, 0.15) is 5.60 Å². The number of hydrogen-bond acceptors (Lipinski definition) is 3. The van der Waals surface area contributed by atoms with E-state index in [-0.39, 0.29) is 0 Å². The Morgan fingerprint density at radius 1 is 1.03 bits per heavy atom. The third-order valence-electron chi connectivity index (χ3n) is 5.10. The lowest BCUT2D eigenvalue weighted by atomic mass is 9.84. The number of rotatable bonds is 3. The van der Waals surface area contributed by atoms with Crippen LogP contribution >= 0.6 is 34.8 Å². The molecule has 1 unspecified atom stereocenters. The average Bonchev–Trinajstić information content (AvgIpc) is 2.66. The van der Waals surface area contributed by atoms with Gasteiger partial charge in [0.05, 0.1) is 16.6 Å². The maximum Gasteiger partial charge on any atom is 0.311 e. The smallest absolute Gasteiger partial charge is 0.311 e. The van der Waals surface area contributed by atoms with Gasteiger partial charge in [0.15, 0.2) is 0 Å². The van der Waals surface area contributed by atoms with Gasteiger partial charge >= 0.3 is 5.97 Å². The molecule has 4 rings (SSSR count). The maximum absolute atomic E-state index is 12.0. The van der Waals surface area contributed by atoms with E-state index in [0.29, 0.717) is 44.2 Å². The number of carboxylic acids is 1. The van der Waals surface area contributed by atoms with Crippen LogP contribution < -0.4 is 4.74 Å². The Morgan fingerprint density at radius 3 is 2.33 bits per heavy atom. The van der Waals surface area contributed by atoms with E-state index in [9.17, 15) is 9.90 Å². The molecule has 1 atom stereocenters. The number of pyridine rings is 1. The van der Waals surface area contributed by atoms with Crippen molar-refractivity contribution in [3.8, 4) is 28.3 Å². The number of carboxylic acid groups (broad SMARTS) is 1. The minimum absolute atomic E-state index is 0.303. The molecule has 0 amide bonds. The fourth-order valence-corrected chi connectivity index (χ4v) is 4.33. The van der Waals surface area contributed by atoms with Crippen LogP contribution in [0.2, 0.25) is 15.1 Å². The minimum Gasteiger partial charge on any atom is -0.481 e. The van der Waals surface area contributed by atoms with Gasteiger partial charge in [0.2, 0.25) is 5.88 Å². The molecule has 1 N–H and O–H groups in total. The van der Waals surface area contributed by atoms with Crippen LogP contribution in [0.3, 0.4) is 0 Å². The molecule has 0 radical (unpaired) electrons. The zero-order valence-corrected chi connectivity index (χ0v) is 18.5. The van der Waals surface area contributed by atoms with E-state index in [4.69, 9.17) is 44.5 Å². The van der Waals surface area contributed by atoms with E-state index in [1.54, 1.807) is 30.3 Å². The fraction of sp³-hybridized carbons (Fsp3) is 0.217. The largest absolute Gasteiger partial charge is 0.481 e. The summed E-state index contributed by atoms with van der Waals surface area (Å²) in [6, 6.07) is 14.3. The highest BCUT2D eigenvalue weighted by Gasteiger charge is 2.39. The lowest BCUT2D eigenvalue weighted by molar-refractivity contribution is -0.140. The van der Waals surface area contributed by atoms with Gasteiger partial charge in [-0.1, -0.05) is 46.9 Å². The van der Waals surface area contributed by atoms with E-state index in [1.165, 1.54) is 0 Å². The third-order valence-corrected chi connectivity index (χ3v) is 5.90. The average molecular weight is 463 g/mol. The molecule has 1 aliphatic rings. The summed E-state index contributed by atoms with van der Waals surface area (Å²) < 4.78 is 6.07. The highest BCUT2D eigenvalue weighted by molar-refractivity contribution is 6.36. The van der Waals surface area contributed by atoms with Crippen LogP contribution in [-0.4, -0.2) is 21.7 Å². The summed E-state index contributed by atoms with van der Waals surface area (Å²) in [7, 11) is 0. The Labute approximate surface area is 189 Å². The minimum atomic E-state index is -0.909. The van der Waals surface area contributed by atoms with Gasteiger partial charge in [-0.25, -0.2) is 4.98 Å². The summed E-state index contributed by atoms with van der Waals surface area (Å²) in [5.41, 5.74) is 2.72. The molecule has 2 aromatic carbocycles. The monoisotopic (exact) mass is 461 g/mol. The highest BCUT2D eigenvalue weighted by Crippen LogP contribution is 2.45. The SMILES string of the molecule is CC1(C)CC(C(=O)O)c2cc(-c3ccc(Cl)cc3)c(-c3ccc(Cl)cc3Cl)nc2O1. The number of carbonyl (C=O) groups is 1. The standard InChI is InChI=1S/C23H18Cl3NO3/c1-23(2)11-18(22(28)29)17-10-16(12-3-5-13(24)6-4-12)20(27-21(17)30-23)15-8-7-14(25)9-19(15)26/h3-10,18H,11H2,1-2H3,(H,28,29). The zero-order valence-electron chi connectivity index (χ0n) is 16.2. The van der Waals surface area contributed by atoms with Gasteiger partial charge in [-0.05, 0) is 55.8 Å². The number of halogens is 3. The first-order chi connectivity index (χ1) is 14.1. The molecule has 4 nitrogen and oxygen atoms in total. The number of aliphatic carboxylic acids is 1. The van der Waals surface area contributed by atoms with Gasteiger partial charge in [0, 0.05) is 33.2 Å². The van der Waals surface area contributed by atoms with Crippen LogP contribution in [0.4, 0.5) is 0 Å². The first-order valence-electron chi connectivity index (χ1n) is 9.33. The van der Waals surface area contributed by atoms with Gasteiger partial charge in [0.25, 0.3) is 0 Å². The molecule has 0 aliphatic carbocycles. The molecule has 0 saturated carbocycles. The Balaban J connectivity index is 2.01. The van der Waals surface area contributed by atoms with Crippen LogP contribution in [0.5, 0.6) is 5.88 Å². The van der Waals surface area contributed by atoms with E-state index in [2.05, 4.69) is 0 Å². The molecular weight excluding hydrogens is 445 g/mol. The van der Waals surface area contributed by atoms with Gasteiger partial charge < -0.3 is 9.84 Å². The van der Waals surface area contributed by atoms with Gasteiger partial charge in [-0.2, -0.15) is 0 Å². The molecular formula is C23H18Cl3NO3. The number of benzene rings is 2. The molecule has 1 aromatic heterocycles. The molecule has 7 heteroatoms. The van der Waals surface area contributed by atoms with Gasteiger partial charge in [-0.15, -0.1) is 0 Å². The molecule has 2 heterocycles. The van der Waals surface area contributed by atoms with E-state index in [1.807, 2.05) is 32.0 Å². The van der Waals surface area contributed by atoms with Gasteiger partial charge in [-0.3, -0.25) is 4.79 Å². The highest BCUT2D eigenvalue weighted by atomic mass is 35.5. The normalized spacial score (nSPS) is 17.2. The fourth-order valence-electron chi connectivity index (χ4n) is 3.70. The molecule has 0 fully saturated rings. The van der Waals surface area contributed by atoms with E-state index in [0.717, 1.165) is 11.1 Å². The predicted octanol–water partition coefficient (Wildman–Crippen LogP) is 7.11. The molecule has 3 aromatic rings. The second kappa shape index (κ2) is 7.77. The lowest BCUT2D eigenvalue weighted by Crippen LogP contribution is -2.37. The third kappa shape index (κ3) is 4.00. The number of fused-ring (bicyclic) bond motifs is 1. The number of ether oxygens (including phenoxy) is 1. The van der Waals surface area contributed by atoms with Crippen molar-refractivity contribution in [1.82, 2.24) is 4.98 Å². The van der Waals surface area contributed by atoms with E-state index >= 15 is 0 Å². The Kier molecular flexibility index (Phi) is 5.43. The van der Waals surface area contributed by atoms with Crippen molar-refractivity contribution in [2.24, 2.45) is 0 Å². The van der Waals surface area contributed by atoms with Crippen LogP contribution in [0.25, 0.3) is 22.4 Å². The zero-order chi connectivity index (χ0) is 21.6. The van der Waals surface area contributed by atoms with Crippen molar-refractivity contribution in [3.63, 3.8) is 0 Å². The summed E-state index contributed by atoms with van der Waals surface area (Å²) in [6.45, 7) is 3.71. The Hall–Kier alpha value is -2.27. The first-order valence-corrected chi connectivity index (χ1v) is 10.5. The van der Waals surface area contributed by atoms with Crippen molar-refractivity contribution in [2.75, 3.05) is 0 Å². The molecule has 0 saturated heterocycles.